The van der Waals surface area contributed by atoms with Gasteiger partial charge in [-0.1, -0.05) is 6.92 Å². The second-order valence-corrected chi connectivity index (χ2v) is 7.95. The Balaban J connectivity index is 2.54. The van der Waals surface area contributed by atoms with Crippen LogP contribution in [0.4, 0.5) is 4.79 Å². The zero-order chi connectivity index (χ0) is 15.5. The molecule has 0 saturated carbocycles. The number of carboxylic acids is 1. The van der Waals surface area contributed by atoms with Crippen molar-refractivity contribution in [3.8, 4) is 0 Å². The number of rotatable bonds is 4. The Kier molecular flexibility index (Phi) is 5.38. The lowest BCUT2D eigenvalue weighted by molar-refractivity contribution is -0.145. The van der Waals surface area contributed by atoms with E-state index in [0.29, 0.717) is 13.0 Å². The Morgan fingerprint density at radius 1 is 1.45 bits per heavy atom. The number of nitrogens with one attached hydrogen (secondary N) is 1. The fourth-order valence-corrected chi connectivity index (χ4v) is 2.46. The van der Waals surface area contributed by atoms with Crippen LogP contribution in [0.3, 0.4) is 0 Å². The molecule has 1 fully saturated rings. The molecule has 2 N–H and O–H groups in total. The van der Waals surface area contributed by atoms with E-state index in [1.165, 1.54) is 11.8 Å². The number of carboxylic acid groups (broad SMARTS) is 1. The van der Waals surface area contributed by atoms with Crippen molar-refractivity contribution in [2.45, 2.75) is 25.5 Å². The van der Waals surface area contributed by atoms with Crippen LogP contribution in [0.15, 0.2) is 0 Å². The summed E-state index contributed by atoms with van der Waals surface area (Å²) in [6.07, 6.45) is 1.75. The summed E-state index contributed by atoms with van der Waals surface area (Å²) in [6.45, 7) is 4.06. The molecular formula is C12H22N2O5S. The van der Waals surface area contributed by atoms with Gasteiger partial charge in [-0.15, -0.1) is 0 Å². The first kappa shape index (κ1) is 16.7. The van der Waals surface area contributed by atoms with Gasteiger partial charge in [0.15, 0.2) is 9.84 Å². The normalized spacial score (nSPS) is 25.1. The predicted octanol–water partition coefficient (Wildman–Crippen LogP) is 0.172. The number of amides is 2. The number of urea groups is 1. The molecule has 0 aromatic rings. The minimum Gasteiger partial charge on any atom is -0.481 e. The molecule has 0 spiro atoms. The van der Waals surface area contributed by atoms with Crippen LogP contribution in [0, 0.1) is 11.8 Å². The minimum absolute atomic E-state index is 0.0292. The summed E-state index contributed by atoms with van der Waals surface area (Å²) in [5, 5.41) is 11.0. The van der Waals surface area contributed by atoms with Crippen LogP contribution in [0.1, 0.15) is 20.3 Å². The summed E-state index contributed by atoms with van der Waals surface area (Å²) < 4.78 is 22.5. The quantitative estimate of drug-likeness (QED) is 0.770. The summed E-state index contributed by atoms with van der Waals surface area (Å²) >= 11 is 0. The number of hydrogen-bond donors (Lipinski definition) is 2. The monoisotopic (exact) mass is 306 g/mol. The van der Waals surface area contributed by atoms with Crippen molar-refractivity contribution in [1.82, 2.24) is 10.2 Å². The third kappa shape index (κ3) is 4.36. The Hall–Kier alpha value is -1.31. The first-order valence-corrected chi connectivity index (χ1v) is 8.52. The Labute approximate surface area is 119 Å². The van der Waals surface area contributed by atoms with Gasteiger partial charge in [0.2, 0.25) is 0 Å². The Morgan fingerprint density at radius 3 is 2.55 bits per heavy atom. The molecule has 3 unspecified atom stereocenters. The van der Waals surface area contributed by atoms with Crippen molar-refractivity contribution < 1.29 is 23.1 Å². The van der Waals surface area contributed by atoms with Crippen LogP contribution in [0.2, 0.25) is 0 Å². The van der Waals surface area contributed by atoms with Gasteiger partial charge in [-0.05, 0) is 19.3 Å². The third-order valence-electron chi connectivity index (χ3n) is 3.83. The summed E-state index contributed by atoms with van der Waals surface area (Å²) in [6, 6.07) is -0.404. The van der Waals surface area contributed by atoms with Crippen molar-refractivity contribution in [2.75, 3.05) is 25.9 Å². The molecule has 1 saturated heterocycles. The van der Waals surface area contributed by atoms with Gasteiger partial charge >= 0.3 is 12.0 Å². The number of aliphatic carboxylic acids is 1. The lowest BCUT2D eigenvalue weighted by atomic mass is 9.87. The smallest absolute Gasteiger partial charge is 0.317 e. The van der Waals surface area contributed by atoms with Crippen molar-refractivity contribution in [1.29, 1.82) is 0 Å². The van der Waals surface area contributed by atoms with E-state index >= 15 is 0 Å². The number of carbonyl (C=O) groups is 2. The molecule has 0 aliphatic carbocycles. The van der Waals surface area contributed by atoms with Crippen LogP contribution in [0.25, 0.3) is 0 Å². The zero-order valence-corrected chi connectivity index (χ0v) is 12.8. The maximum Gasteiger partial charge on any atom is 0.317 e. The van der Waals surface area contributed by atoms with Crippen molar-refractivity contribution in [2.24, 2.45) is 11.8 Å². The molecule has 0 aromatic heterocycles. The summed E-state index contributed by atoms with van der Waals surface area (Å²) in [4.78, 5) is 24.5. The van der Waals surface area contributed by atoms with Crippen molar-refractivity contribution in [3.63, 3.8) is 0 Å². The van der Waals surface area contributed by atoms with E-state index < -0.39 is 33.0 Å². The number of nitrogens with zero attached hydrogens (tertiary/aromatic N) is 1. The number of sulfone groups is 1. The topological polar surface area (TPSA) is 104 Å². The molecule has 20 heavy (non-hydrogen) atoms. The highest BCUT2D eigenvalue weighted by Gasteiger charge is 2.33. The lowest BCUT2D eigenvalue weighted by Gasteiger charge is -2.35. The molecule has 7 nitrogen and oxygen atoms in total. The molecule has 2 amide bonds. The van der Waals surface area contributed by atoms with Crippen LogP contribution in [-0.2, 0) is 14.6 Å². The minimum atomic E-state index is -3.19. The maximum absolute atomic E-state index is 11.9. The van der Waals surface area contributed by atoms with Gasteiger partial charge in [0.05, 0.1) is 11.2 Å². The predicted molar refractivity (Wildman–Crippen MR) is 74.2 cm³/mol. The number of piperidine rings is 1. The highest BCUT2D eigenvalue weighted by Crippen LogP contribution is 2.23. The highest BCUT2D eigenvalue weighted by molar-refractivity contribution is 7.91. The highest BCUT2D eigenvalue weighted by atomic mass is 32.2. The summed E-state index contributed by atoms with van der Waals surface area (Å²) in [7, 11) is -3.19. The molecule has 0 aromatic carbocycles. The first-order chi connectivity index (χ1) is 9.12. The average molecular weight is 306 g/mol. The number of likely N-dealkylation sites (tertiary alicyclic amines) is 1. The summed E-state index contributed by atoms with van der Waals surface area (Å²) in [5.41, 5.74) is 0. The van der Waals surface area contributed by atoms with E-state index in [1.54, 1.807) is 0 Å². The van der Waals surface area contributed by atoms with Gasteiger partial charge < -0.3 is 15.3 Å². The van der Waals surface area contributed by atoms with E-state index in [9.17, 15) is 18.0 Å². The second-order valence-electron chi connectivity index (χ2n) is 5.48. The van der Waals surface area contributed by atoms with Gasteiger partial charge in [-0.2, -0.15) is 0 Å². The largest absolute Gasteiger partial charge is 0.481 e. The molecule has 3 atom stereocenters. The van der Waals surface area contributed by atoms with Crippen LogP contribution >= 0.6 is 0 Å². The first-order valence-electron chi connectivity index (χ1n) is 6.57. The van der Waals surface area contributed by atoms with Crippen LogP contribution < -0.4 is 5.32 Å². The van der Waals surface area contributed by atoms with Crippen LogP contribution in [0.5, 0.6) is 0 Å². The zero-order valence-electron chi connectivity index (χ0n) is 12.0. The molecule has 1 aliphatic heterocycles. The molecule has 0 bridgehead atoms. The van der Waals surface area contributed by atoms with Crippen molar-refractivity contribution >= 4 is 21.8 Å². The van der Waals surface area contributed by atoms with E-state index in [1.807, 2.05) is 6.92 Å². The van der Waals surface area contributed by atoms with E-state index in [4.69, 9.17) is 5.11 Å². The third-order valence-corrected chi connectivity index (χ3v) is 5.46. The molecule has 8 heteroatoms. The number of carbonyl (C=O) groups excluding carboxylic acids is 1. The standard InChI is InChI=1S/C12H22N2O5S/c1-8-4-5-14(7-10(8)11(15)16)12(17)13-6-9(2)20(3,18)19/h8-10H,4-7H2,1-3H3,(H,13,17)(H,15,16). The molecular weight excluding hydrogens is 284 g/mol. The molecule has 1 heterocycles. The van der Waals surface area contributed by atoms with E-state index in [0.717, 1.165) is 6.26 Å². The lowest BCUT2D eigenvalue weighted by Crippen LogP contribution is -2.50. The van der Waals surface area contributed by atoms with Gasteiger partial charge in [0, 0.05) is 25.9 Å². The van der Waals surface area contributed by atoms with Gasteiger partial charge in [-0.25, -0.2) is 13.2 Å². The second kappa shape index (κ2) is 6.43. The number of hydrogen-bond acceptors (Lipinski definition) is 4. The van der Waals surface area contributed by atoms with E-state index in [-0.39, 0.29) is 19.0 Å². The Morgan fingerprint density at radius 2 is 2.05 bits per heavy atom. The molecule has 116 valence electrons. The SMILES string of the molecule is CC1CCN(C(=O)NCC(C)S(C)(=O)=O)CC1C(=O)O. The van der Waals surface area contributed by atoms with Gasteiger partial charge in [-0.3, -0.25) is 4.79 Å². The average Bonchev–Trinajstić information content (AvgIpc) is 2.34. The fourth-order valence-electron chi connectivity index (χ4n) is 2.07. The van der Waals surface area contributed by atoms with Gasteiger partial charge in [0.25, 0.3) is 0 Å². The Bertz CT molecular complexity index is 476. The van der Waals surface area contributed by atoms with Crippen molar-refractivity contribution in [3.05, 3.63) is 0 Å². The van der Waals surface area contributed by atoms with Crippen LogP contribution in [-0.4, -0.2) is 61.6 Å². The fraction of sp³-hybridized carbons (Fsp3) is 0.833. The van der Waals surface area contributed by atoms with E-state index in [2.05, 4.69) is 5.32 Å². The van der Waals surface area contributed by atoms with Gasteiger partial charge in [0.1, 0.15) is 0 Å². The molecule has 0 radical (unpaired) electrons. The molecule has 1 aliphatic rings. The summed E-state index contributed by atoms with van der Waals surface area (Å²) in [5.74, 6) is -1.44. The maximum atomic E-state index is 11.9. The molecule has 1 rings (SSSR count).